The lowest BCUT2D eigenvalue weighted by Crippen LogP contribution is -2.37. The van der Waals surface area contributed by atoms with Gasteiger partial charge in [-0.05, 0) is 19.8 Å². The van der Waals surface area contributed by atoms with Crippen LogP contribution >= 0.6 is 0 Å². The van der Waals surface area contributed by atoms with E-state index in [2.05, 4.69) is 22.3 Å². The monoisotopic (exact) mass is 348 g/mol. The first-order valence-electron chi connectivity index (χ1n) is 8.64. The molecule has 25 heavy (non-hydrogen) atoms. The van der Waals surface area contributed by atoms with Crippen molar-refractivity contribution in [2.45, 2.75) is 45.8 Å². The third-order valence-electron chi connectivity index (χ3n) is 4.37. The topological polar surface area (TPSA) is 93.5 Å². The van der Waals surface area contributed by atoms with E-state index in [1.807, 2.05) is 13.0 Å². The highest BCUT2D eigenvalue weighted by molar-refractivity contribution is 5.47. The van der Waals surface area contributed by atoms with E-state index in [1.165, 1.54) is 0 Å². The molecule has 8 heteroatoms. The predicted octanol–water partition coefficient (Wildman–Crippen LogP) is 2.16. The van der Waals surface area contributed by atoms with E-state index in [4.69, 9.17) is 14.0 Å². The van der Waals surface area contributed by atoms with E-state index in [0.29, 0.717) is 32.2 Å². The number of aryl methyl sites for hydroxylation is 2. The van der Waals surface area contributed by atoms with Gasteiger partial charge in [-0.15, -0.1) is 5.10 Å². The summed E-state index contributed by atoms with van der Waals surface area (Å²) in [5.74, 6) is 1.27. The molecule has 1 N–H and O–H groups in total. The second-order valence-electron chi connectivity index (χ2n) is 6.18. The molecule has 1 aliphatic heterocycles. The van der Waals surface area contributed by atoms with Crippen molar-refractivity contribution in [3.05, 3.63) is 28.8 Å². The second kappa shape index (κ2) is 8.15. The fourth-order valence-corrected chi connectivity index (χ4v) is 2.82. The minimum absolute atomic E-state index is 0.207. The molecule has 1 aliphatic rings. The van der Waals surface area contributed by atoms with Crippen LogP contribution in [0.2, 0.25) is 0 Å². The Morgan fingerprint density at radius 3 is 3.20 bits per heavy atom. The van der Waals surface area contributed by atoms with Crippen LogP contribution in [0.15, 0.2) is 10.6 Å². The van der Waals surface area contributed by atoms with Crippen molar-refractivity contribution in [2.75, 3.05) is 19.7 Å². The van der Waals surface area contributed by atoms with Gasteiger partial charge in [0.2, 0.25) is 12.3 Å². The first-order chi connectivity index (χ1) is 12.2. The number of nitrogens with one attached hydrogen (secondary N) is 1. The number of hydrogen-bond acceptors (Lipinski definition) is 6. The van der Waals surface area contributed by atoms with Crippen molar-refractivity contribution < 1.29 is 18.8 Å². The van der Waals surface area contributed by atoms with Crippen molar-refractivity contribution >= 4 is 6.41 Å². The molecular formula is C17H24N4O4. The summed E-state index contributed by atoms with van der Waals surface area (Å²) in [5.41, 5.74) is 2.74. The van der Waals surface area contributed by atoms with Gasteiger partial charge in [-0.2, -0.15) is 0 Å². The van der Waals surface area contributed by atoms with E-state index in [9.17, 15) is 4.79 Å². The number of unbranched alkanes of at least 4 members (excludes halogenated alkanes) is 1. The van der Waals surface area contributed by atoms with E-state index < -0.39 is 0 Å². The highest BCUT2D eigenvalue weighted by Gasteiger charge is 2.23. The third kappa shape index (κ3) is 4.19. The largest absolute Gasteiger partial charge is 0.472 e. The molecule has 1 unspecified atom stereocenters. The number of aromatic nitrogens is 3. The Bertz CT molecular complexity index is 697. The van der Waals surface area contributed by atoms with Crippen LogP contribution in [-0.2, 0) is 22.6 Å². The number of amides is 1. The number of rotatable bonds is 8. The number of carbonyl (C=O) groups is 1. The normalized spacial score (nSPS) is 17.7. The zero-order valence-corrected chi connectivity index (χ0v) is 14.7. The molecule has 1 amide bonds. The van der Waals surface area contributed by atoms with Crippen molar-refractivity contribution in [2.24, 2.45) is 0 Å². The lowest BCUT2D eigenvalue weighted by atomic mass is 10.1. The van der Waals surface area contributed by atoms with Crippen molar-refractivity contribution in [3.63, 3.8) is 0 Å². The number of carbonyl (C=O) groups excluding carboxylic acids is 1. The van der Waals surface area contributed by atoms with Crippen molar-refractivity contribution in [1.82, 2.24) is 20.3 Å². The number of aromatic amines is 1. The Morgan fingerprint density at radius 1 is 1.52 bits per heavy atom. The molecule has 0 aliphatic carbocycles. The lowest BCUT2D eigenvalue weighted by Gasteiger charge is -2.29. The van der Waals surface area contributed by atoms with E-state index in [1.54, 1.807) is 4.90 Å². The first kappa shape index (κ1) is 17.5. The molecule has 3 rings (SSSR count). The minimum Gasteiger partial charge on any atom is -0.472 e. The smallest absolute Gasteiger partial charge is 0.233 e. The molecule has 0 radical (unpaired) electrons. The van der Waals surface area contributed by atoms with Crippen LogP contribution in [0, 0.1) is 6.92 Å². The van der Waals surface area contributed by atoms with E-state index in [0.717, 1.165) is 48.4 Å². The summed E-state index contributed by atoms with van der Waals surface area (Å²) in [6, 6.07) is 1.81. The van der Waals surface area contributed by atoms with Gasteiger partial charge in [-0.25, -0.2) is 0 Å². The summed E-state index contributed by atoms with van der Waals surface area (Å²) < 4.78 is 16.8. The van der Waals surface area contributed by atoms with E-state index in [-0.39, 0.29) is 6.10 Å². The zero-order valence-electron chi connectivity index (χ0n) is 14.7. The van der Waals surface area contributed by atoms with Gasteiger partial charge in [-0.3, -0.25) is 9.89 Å². The Balaban J connectivity index is 1.60. The summed E-state index contributed by atoms with van der Waals surface area (Å²) >= 11 is 0. The van der Waals surface area contributed by atoms with Crippen LogP contribution in [0.1, 0.15) is 48.6 Å². The van der Waals surface area contributed by atoms with Crippen LogP contribution in [0.5, 0.6) is 5.88 Å². The maximum atomic E-state index is 10.9. The quantitative estimate of drug-likeness (QED) is 0.735. The molecule has 1 saturated heterocycles. The van der Waals surface area contributed by atoms with Gasteiger partial charge < -0.3 is 18.9 Å². The van der Waals surface area contributed by atoms with Crippen molar-refractivity contribution in [3.8, 4) is 5.88 Å². The fourth-order valence-electron chi connectivity index (χ4n) is 2.82. The fraction of sp³-hybridized carbons (Fsp3) is 0.588. The number of hydrogen-bond donors (Lipinski definition) is 1. The molecule has 8 nitrogen and oxygen atoms in total. The van der Waals surface area contributed by atoms with Crippen LogP contribution in [0.25, 0.3) is 0 Å². The molecule has 0 aromatic carbocycles. The number of morpholine rings is 1. The summed E-state index contributed by atoms with van der Waals surface area (Å²) in [5, 5.41) is 11.2. The average molecular weight is 348 g/mol. The van der Waals surface area contributed by atoms with Gasteiger partial charge in [-0.1, -0.05) is 18.5 Å². The van der Waals surface area contributed by atoms with Gasteiger partial charge in [0.1, 0.15) is 18.5 Å². The molecule has 3 heterocycles. The first-order valence-corrected chi connectivity index (χ1v) is 8.64. The van der Waals surface area contributed by atoms with Gasteiger partial charge in [0.05, 0.1) is 30.1 Å². The highest BCUT2D eigenvalue weighted by Crippen LogP contribution is 2.24. The Hall–Kier alpha value is -2.35. The SMILES string of the molecule is CCCCc1noc(C)c1COc1cc(C2CN(C=O)CCO2)[nH]n1. The summed E-state index contributed by atoms with van der Waals surface area (Å²) in [6.07, 6.45) is 3.69. The van der Waals surface area contributed by atoms with Gasteiger partial charge in [0.15, 0.2) is 0 Å². The third-order valence-corrected chi connectivity index (χ3v) is 4.37. The predicted molar refractivity (Wildman–Crippen MR) is 89.1 cm³/mol. The van der Waals surface area contributed by atoms with E-state index >= 15 is 0 Å². The molecule has 0 spiro atoms. The van der Waals surface area contributed by atoms with Crippen LogP contribution in [0.4, 0.5) is 0 Å². The van der Waals surface area contributed by atoms with Crippen LogP contribution in [0.3, 0.4) is 0 Å². The molecule has 0 bridgehead atoms. The van der Waals surface area contributed by atoms with Gasteiger partial charge >= 0.3 is 0 Å². The number of ether oxygens (including phenoxy) is 2. The Kier molecular flexibility index (Phi) is 5.70. The maximum Gasteiger partial charge on any atom is 0.233 e. The maximum absolute atomic E-state index is 10.9. The lowest BCUT2D eigenvalue weighted by molar-refractivity contribution is -0.125. The Labute approximate surface area is 146 Å². The van der Waals surface area contributed by atoms with Crippen molar-refractivity contribution in [1.29, 1.82) is 0 Å². The number of nitrogens with zero attached hydrogens (tertiary/aromatic N) is 3. The average Bonchev–Trinajstić information content (AvgIpc) is 3.25. The number of H-pyrrole nitrogens is 1. The minimum atomic E-state index is -0.207. The highest BCUT2D eigenvalue weighted by atomic mass is 16.5. The molecule has 1 atom stereocenters. The van der Waals surface area contributed by atoms with Crippen LogP contribution in [-0.4, -0.2) is 46.4 Å². The zero-order chi connectivity index (χ0) is 17.6. The molecular weight excluding hydrogens is 324 g/mol. The Morgan fingerprint density at radius 2 is 2.40 bits per heavy atom. The van der Waals surface area contributed by atoms with Gasteiger partial charge in [0.25, 0.3) is 0 Å². The summed E-state index contributed by atoms with van der Waals surface area (Å²) in [6.45, 7) is 6.04. The summed E-state index contributed by atoms with van der Waals surface area (Å²) in [7, 11) is 0. The standard InChI is InChI=1S/C17H24N4O4/c1-3-4-5-14-13(12(2)25-20-14)10-24-17-8-15(18-19-17)16-9-21(11-22)6-7-23-16/h8,11,16H,3-7,9-10H2,1-2H3,(H,18,19). The molecule has 2 aromatic heterocycles. The molecule has 1 fully saturated rings. The molecule has 136 valence electrons. The molecule has 0 saturated carbocycles. The van der Waals surface area contributed by atoms with Gasteiger partial charge in [0, 0.05) is 12.6 Å². The molecule has 2 aromatic rings. The summed E-state index contributed by atoms with van der Waals surface area (Å²) in [4.78, 5) is 12.6. The van der Waals surface area contributed by atoms with Crippen LogP contribution < -0.4 is 4.74 Å². The second-order valence-corrected chi connectivity index (χ2v) is 6.18.